The summed E-state index contributed by atoms with van der Waals surface area (Å²) in [6, 6.07) is 10.2. The van der Waals surface area contributed by atoms with Crippen LogP contribution in [0.5, 0.6) is 0 Å². The highest BCUT2D eigenvalue weighted by atomic mass is 16.6. The van der Waals surface area contributed by atoms with Crippen LogP contribution in [0.2, 0.25) is 0 Å². The van der Waals surface area contributed by atoms with Gasteiger partial charge in [0.25, 0.3) is 0 Å². The highest BCUT2D eigenvalue weighted by Gasteiger charge is 2.43. The van der Waals surface area contributed by atoms with E-state index in [2.05, 4.69) is 17.4 Å². The lowest BCUT2D eigenvalue weighted by Crippen LogP contribution is -2.38. The monoisotopic (exact) mass is 275 g/mol. The van der Waals surface area contributed by atoms with Crippen LogP contribution >= 0.6 is 0 Å². The van der Waals surface area contributed by atoms with Gasteiger partial charge in [0.2, 0.25) is 0 Å². The summed E-state index contributed by atoms with van der Waals surface area (Å²) in [5.74, 6) is 0.587. The maximum Gasteiger partial charge on any atom is 0.407 e. The summed E-state index contributed by atoms with van der Waals surface area (Å²) < 4.78 is 11.2. The maximum absolute atomic E-state index is 11.2. The van der Waals surface area contributed by atoms with E-state index >= 15 is 0 Å². The number of hydrogen-bond donors (Lipinski definition) is 1. The summed E-state index contributed by atoms with van der Waals surface area (Å²) >= 11 is 0. The van der Waals surface area contributed by atoms with Crippen molar-refractivity contribution in [3.8, 4) is 0 Å². The predicted molar refractivity (Wildman–Crippen MR) is 75.3 cm³/mol. The Balaban J connectivity index is 1.40. The molecule has 1 spiro atoms. The van der Waals surface area contributed by atoms with Crippen LogP contribution in [0.1, 0.15) is 31.2 Å². The first-order chi connectivity index (χ1) is 9.76. The molecule has 1 aromatic rings. The van der Waals surface area contributed by atoms with Crippen molar-refractivity contribution < 1.29 is 14.3 Å². The molecule has 1 saturated carbocycles. The van der Waals surface area contributed by atoms with Crippen LogP contribution in [0.4, 0.5) is 4.79 Å². The topological polar surface area (TPSA) is 47.6 Å². The van der Waals surface area contributed by atoms with Crippen molar-refractivity contribution >= 4 is 6.09 Å². The van der Waals surface area contributed by atoms with E-state index in [1.807, 2.05) is 18.2 Å². The zero-order chi connectivity index (χ0) is 13.8. The van der Waals surface area contributed by atoms with Crippen molar-refractivity contribution in [2.24, 2.45) is 5.92 Å². The van der Waals surface area contributed by atoms with Crippen LogP contribution in [0, 0.1) is 5.92 Å². The second-order valence-corrected chi connectivity index (χ2v) is 5.87. The molecule has 0 radical (unpaired) electrons. The molecule has 0 bridgehead atoms. The predicted octanol–water partition coefficient (Wildman–Crippen LogP) is 2.87. The van der Waals surface area contributed by atoms with Crippen molar-refractivity contribution in [2.45, 2.75) is 37.9 Å². The fourth-order valence-electron chi connectivity index (χ4n) is 3.07. The average Bonchev–Trinajstić information content (AvgIpc) is 2.84. The first-order valence-electron chi connectivity index (χ1n) is 7.34. The smallest absolute Gasteiger partial charge is 0.407 e. The maximum atomic E-state index is 11.2. The normalized spacial score (nSPS) is 29.2. The summed E-state index contributed by atoms with van der Waals surface area (Å²) in [6.07, 6.45) is 3.78. The molecular formula is C16H21NO3. The summed E-state index contributed by atoms with van der Waals surface area (Å²) in [4.78, 5) is 11.2. The SMILES string of the molecule is O=C1NCC2(CCC(COCc3ccccc3)CC2)O1. The van der Waals surface area contributed by atoms with Gasteiger partial charge in [-0.1, -0.05) is 30.3 Å². The zero-order valence-electron chi connectivity index (χ0n) is 11.6. The Bertz CT molecular complexity index is 452. The number of carbonyl (C=O) groups excluding carboxylic acids is 1. The van der Waals surface area contributed by atoms with Crippen LogP contribution in [0.3, 0.4) is 0 Å². The highest BCUT2D eigenvalue weighted by Crippen LogP contribution is 2.36. The van der Waals surface area contributed by atoms with Gasteiger partial charge in [-0.25, -0.2) is 4.79 Å². The number of alkyl carbamates (subject to hydrolysis) is 1. The molecule has 1 amide bonds. The number of benzene rings is 1. The Morgan fingerprint density at radius 3 is 2.65 bits per heavy atom. The third kappa shape index (κ3) is 3.12. The number of hydrogen-bond acceptors (Lipinski definition) is 3. The highest BCUT2D eigenvalue weighted by molar-refractivity contribution is 5.70. The molecule has 0 aromatic heterocycles. The van der Waals surface area contributed by atoms with E-state index < -0.39 is 0 Å². The molecule has 1 saturated heterocycles. The lowest BCUT2D eigenvalue weighted by atomic mass is 9.79. The molecule has 1 N–H and O–H groups in total. The lowest BCUT2D eigenvalue weighted by Gasteiger charge is -2.34. The molecular weight excluding hydrogens is 254 g/mol. The summed E-state index contributed by atoms with van der Waals surface area (Å²) in [7, 11) is 0. The van der Waals surface area contributed by atoms with Crippen molar-refractivity contribution in [3.05, 3.63) is 35.9 Å². The van der Waals surface area contributed by atoms with E-state index in [1.165, 1.54) is 5.56 Å². The van der Waals surface area contributed by atoms with Crippen molar-refractivity contribution in [1.82, 2.24) is 5.32 Å². The second-order valence-electron chi connectivity index (χ2n) is 5.87. The lowest BCUT2D eigenvalue weighted by molar-refractivity contribution is -0.00657. The van der Waals surface area contributed by atoms with Crippen molar-refractivity contribution in [2.75, 3.05) is 13.2 Å². The summed E-state index contributed by atoms with van der Waals surface area (Å²) in [6.45, 7) is 2.15. The molecule has 2 aliphatic rings. The Morgan fingerprint density at radius 2 is 2.00 bits per heavy atom. The van der Waals surface area contributed by atoms with Gasteiger partial charge in [0.15, 0.2) is 0 Å². The second kappa shape index (κ2) is 5.83. The molecule has 108 valence electrons. The fraction of sp³-hybridized carbons (Fsp3) is 0.562. The molecule has 0 atom stereocenters. The van der Waals surface area contributed by atoms with Gasteiger partial charge in [0.1, 0.15) is 5.60 Å². The van der Waals surface area contributed by atoms with E-state index in [-0.39, 0.29) is 11.7 Å². The van der Waals surface area contributed by atoms with Crippen molar-refractivity contribution in [3.63, 3.8) is 0 Å². The molecule has 3 rings (SSSR count). The molecule has 2 fully saturated rings. The van der Waals surface area contributed by atoms with Gasteiger partial charge >= 0.3 is 6.09 Å². The van der Waals surface area contributed by atoms with Crippen LogP contribution < -0.4 is 5.32 Å². The van der Waals surface area contributed by atoms with Gasteiger partial charge in [-0.3, -0.25) is 0 Å². The third-order valence-corrected chi connectivity index (χ3v) is 4.35. The number of carbonyl (C=O) groups is 1. The quantitative estimate of drug-likeness (QED) is 0.919. The summed E-state index contributed by atoms with van der Waals surface area (Å²) in [5.41, 5.74) is 0.987. The van der Waals surface area contributed by atoms with Crippen LogP contribution in [-0.4, -0.2) is 24.8 Å². The van der Waals surface area contributed by atoms with Crippen LogP contribution in [0.25, 0.3) is 0 Å². The Hall–Kier alpha value is -1.55. The first-order valence-corrected chi connectivity index (χ1v) is 7.34. The first kappa shape index (κ1) is 13.4. The van der Waals surface area contributed by atoms with E-state index in [4.69, 9.17) is 9.47 Å². The zero-order valence-corrected chi connectivity index (χ0v) is 11.6. The van der Waals surface area contributed by atoms with Gasteiger partial charge in [-0.2, -0.15) is 0 Å². The number of amides is 1. The third-order valence-electron chi connectivity index (χ3n) is 4.35. The Kier molecular flexibility index (Phi) is 3.92. The molecule has 1 aliphatic heterocycles. The van der Waals surface area contributed by atoms with E-state index in [9.17, 15) is 4.79 Å². The van der Waals surface area contributed by atoms with Gasteiger partial charge < -0.3 is 14.8 Å². The minimum absolute atomic E-state index is 0.229. The average molecular weight is 275 g/mol. The summed E-state index contributed by atoms with van der Waals surface area (Å²) in [5, 5.41) is 2.77. The largest absolute Gasteiger partial charge is 0.441 e. The molecule has 20 heavy (non-hydrogen) atoms. The minimum atomic E-state index is -0.260. The Morgan fingerprint density at radius 1 is 1.25 bits per heavy atom. The molecule has 4 heteroatoms. The molecule has 1 heterocycles. The Labute approximate surface area is 119 Å². The van der Waals surface area contributed by atoms with E-state index in [0.717, 1.165) is 32.3 Å². The van der Waals surface area contributed by atoms with Gasteiger partial charge in [-0.15, -0.1) is 0 Å². The van der Waals surface area contributed by atoms with Gasteiger partial charge in [0.05, 0.1) is 13.2 Å². The van der Waals surface area contributed by atoms with E-state index in [1.54, 1.807) is 0 Å². The van der Waals surface area contributed by atoms with Gasteiger partial charge in [0, 0.05) is 6.61 Å². The van der Waals surface area contributed by atoms with E-state index in [0.29, 0.717) is 19.1 Å². The number of ether oxygens (including phenoxy) is 2. The van der Waals surface area contributed by atoms with Crippen LogP contribution in [-0.2, 0) is 16.1 Å². The standard InChI is InChI=1S/C16H21NO3/c18-15-17-12-16(20-15)8-6-14(7-9-16)11-19-10-13-4-2-1-3-5-13/h1-5,14H,6-12H2,(H,17,18). The molecule has 4 nitrogen and oxygen atoms in total. The molecule has 0 unspecified atom stereocenters. The molecule has 1 aromatic carbocycles. The van der Waals surface area contributed by atoms with Gasteiger partial charge in [-0.05, 0) is 37.2 Å². The van der Waals surface area contributed by atoms with Crippen molar-refractivity contribution in [1.29, 1.82) is 0 Å². The van der Waals surface area contributed by atoms with Crippen LogP contribution in [0.15, 0.2) is 30.3 Å². The minimum Gasteiger partial charge on any atom is -0.441 e. The number of rotatable bonds is 4. The molecule has 1 aliphatic carbocycles. The number of nitrogens with one attached hydrogen (secondary N) is 1. The fourth-order valence-corrected chi connectivity index (χ4v) is 3.07.